The fourth-order valence-corrected chi connectivity index (χ4v) is 2.76. The largest absolute Gasteiger partial charge is 0.368 e. The van der Waals surface area contributed by atoms with Gasteiger partial charge in [0.15, 0.2) is 0 Å². The van der Waals surface area contributed by atoms with Crippen molar-refractivity contribution in [2.24, 2.45) is 0 Å². The Hall–Kier alpha value is -2.90. The molecule has 1 amide bonds. The van der Waals surface area contributed by atoms with Crippen LogP contribution in [0.25, 0.3) is 0 Å². The van der Waals surface area contributed by atoms with Gasteiger partial charge in [-0.1, -0.05) is 0 Å². The van der Waals surface area contributed by atoms with Crippen molar-refractivity contribution in [3.63, 3.8) is 0 Å². The Labute approximate surface area is 136 Å². The second-order valence-corrected chi connectivity index (χ2v) is 5.63. The molecule has 0 spiro atoms. The summed E-state index contributed by atoms with van der Waals surface area (Å²) < 4.78 is 13.0. The number of aromatic nitrogens is 2. The lowest BCUT2D eigenvalue weighted by atomic mass is 10.2. The first-order valence-electron chi connectivity index (χ1n) is 7.62. The van der Waals surface area contributed by atoms with Crippen molar-refractivity contribution in [3.8, 4) is 0 Å². The monoisotopic (exact) mass is 332 g/mol. The van der Waals surface area contributed by atoms with Crippen molar-refractivity contribution in [1.29, 1.82) is 0 Å². The summed E-state index contributed by atoms with van der Waals surface area (Å²) in [6, 6.07) is 7.47. The standard InChI is InChI=1S/C16H17FN4O3/c17-11-1-3-13(4-2-11)20-5-7-21(8-6-20)15(23)10-12-9-14(22)19-16(24)18-12/h1-4,9H,5-8,10H2,(H2,18,19,22,24). The predicted octanol–water partition coefficient (Wildman–Crippen LogP) is 0.0936. The number of nitrogens with zero attached hydrogens (tertiary/aromatic N) is 2. The maximum atomic E-state index is 13.0. The zero-order valence-corrected chi connectivity index (χ0v) is 12.9. The summed E-state index contributed by atoms with van der Waals surface area (Å²) in [4.78, 5) is 43.1. The van der Waals surface area contributed by atoms with E-state index >= 15 is 0 Å². The molecule has 0 atom stereocenters. The second kappa shape index (κ2) is 6.69. The highest BCUT2D eigenvalue weighted by Gasteiger charge is 2.21. The summed E-state index contributed by atoms with van der Waals surface area (Å²) in [6.07, 6.45) is -0.0181. The zero-order chi connectivity index (χ0) is 17.1. The van der Waals surface area contributed by atoms with E-state index in [1.807, 2.05) is 0 Å². The van der Waals surface area contributed by atoms with Crippen LogP contribution in [0.5, 0.6) is 0 Å². The molecule has 1 aromatic carbocycles. The first kappa shape index (κ1) is 16.0. The molecule has 126 valence electrons. The zero-order valence-electron chi connectivity index (χ0n) is 12.9. The highest BCUT2D eigenvalue weighted by atomic mass is 19.1. The fraction of sp³-hybridized carbons (Fsp3) is 0.312. The molecule has 1 fully saturated rings. The first-order chi connectivity index (χ1) is 11.5. The van der Waals surface area contributed by atoms with Gasteiger partial charge in [-0.25, -0.2) is 9.18 Å². The molecule has 1 aliphatic rings. The summed E-state index contributed by atoms with van der Waals surface area (Å²) in [5, 5.41) is 0. The molecule has 0 unspecified atom stereocenters. The number of carbonyl (C=O) groups excluding carboxylic acids is 1. The number of aromatic amines is 2. The van der Waals surface area contributed by atoms with Crippen molar-refractivity contribution >= 4 is 11.6 Å². The van der Waals surface area contributed by atoms with E-state index in [-0.39, 0.29) is 18.1 Å². The Bertz CT molecular complexity index is 807. The molecular weight excluding hydrogens is 315 g/mol. The van der Waals surface area contributed by atoms with Crippen LogP contribution in [0.15, 0.2) is 39.9 Å². The van der Waals surface area contributed by atoms with E-state index in [9.17, 15) is 18.8 Å². The molecule has 7 nitrogen and oxygen atoms in total. The fourth-order valence-electron chi connectivity index (χ4n) is 2.76. The number of hydrogen-bond donors (Lipinski definition) is 2. The topological polar surface area (TPSA) is 89.3 Å². The lowest BCUT2D eigenvalue weighted by molar-refractivity contribution is -0.130. The van der Waals surface area contributed by atoms with Crippen molar-refractivity contribution in [2.75, 3.05) is 31.1 Å². The SMILES string of the molecule is O=C(Cc1cc(=O)[nH]c(=O)[nH]1)N1CCN(c2ccc(F)cc2)CC1. The van der Waals surface area contributed by atoms with Gasteiger partial charge in [0.2, 0.25) is 5.91 Å². The van der Waals surface area contributed by atoms with Gasteiger partial charge in [0.05, 0.1) is 6.42 Å². The van der Waals surface area contributed by atoms with E-state index in [0.29, 0.717) is 31.9 Å². The summed E-state index contributed by atoms with van der Waals surface area (Å²) in [5.74, 6) is -0.422. The molecule has 2 heterocycles. The van der Waals surface area contributed by atoms with Crippen LogP contribution in [-0.2, 0) is 11.2 Å². The third-order valence-electron chi connectivity index (χ3n) is 3.98. The third-order valence-corrected chi connectivity index (χ3v) is 3.98. The molecule has 24 heavy (non-hydrogen) atoms. The molecule has 1 aliphatic heterocycles. The minimum Gasteiger partial charge on any atom is -0.368 e. The molecule has 2 N–H and O–H groups in total. The molecule has 2 aromatic rings. The van der Waals surface area contributed by atoms with Gasteiger partial charge in [0.25, 0.3) is 5.56 Å². The van der Waals surface area contributed by atoms with E-state index in [0.717, 1.165) is 5.69 Å². The number of carbonyl (C=O) groups is 1. The summed E-state index contributed by atoms with van der Waals surface area (Å²) in [6.45, 7) is 2.35. The third kappa shape index (κ3) is 3.70. The van der Waals surface area contributed by atoms with Gasteiger partial charge < -0.3 is 14.8 Å². The minimum absolute atomic E-state index is 0.0181. The summed E-state index contributed by atoms with van der Waals surface area (Å²) in [7, 11) is 0. The minimum atomic E-state index is -0.619. The van der Waals surface area contributed by atoms with E-state index in [4.69, 9.17) is 0 Å². The molecule has 3 rings (SSSR count). The van der Waals surface area contributed by atoms with Crippen LogP contribution in [0.4, 0.5) is 10.1 Å². The van der Waals surface area contributed by atoms with Crippen LogP contribution in [0.3, 0.4) is 0 Å². The number of amides is 1. The molecular formula is C16H17FN4O3. The Morgan fingerprint density at radius 2 is 1.71 bits per heavy atom. The van der Waals surface area contributed by atoms with Gasteiger partial charge in [-0.3, -0.25) is 14.6 Å². The maximum Gasteiger partial charge on any atom is 0.325 e. The maximum absolute atomic E-state index is 13.0. The van der Waals surface area contributed by atoms with Crippen molar-refractivity contribution < 1.29 is 9.18 Å². The molecule has 8 heteroatoms. The van der Waals surface area contributed by atoms with E-state index in [1.54, 1.807) is 17.0 Å². The van der Waals surface area contributed by atoms with Crippen molar-refractivity contribution in [1.82, 2.24) is 14.9 Å². The molecule has 1 saturated heterocycles. The predicted molar refractivity (Wildman–Crippen MR) is 86.6 cm³/mol. The molecule has 0 bridgehead atoms. The summed E-state index contributed by atoms with van der Waals surface area (Å²) >= 11 is 0. The Kier molecular flexibility index (Phi) is 4.45. The second-order valence-electron chi connectivity index (χ2n) is 5.63. The summed E-state index contributed by atoms with van der Waals surface area (Å²) in [5.41, 5.74) is 0.0752. The molecule has 1 aromatic heterocycles. The number of H-pyrrole nitrogens is 2. The van der Waals surface area contributed by atoms with Crippen LogP contribution in [0.2, 0.25) is 0 Å². The number of hydrogen-bond acceptors (Lipinski definition) is 4. The number of benzene rings is 1. The number of piperazine rings is 1. The van der Waals surface area contributed by atoms with Gasteiger partial charge >= 0.3 is 5.69 Å². The number of anilines is 1. The van der Waals surface area contributed by atoms with Gasteiger partial charge in [0.1, 0.15) is 5.82 Å². The van der Waals surface area contributed by atoms with Crippen LogP contribution in [0.1, 0.15) is 5.69 Å². The van der Waals surface area contributed by atoms with E-state index in [1.165, 1.54) is 18.2 Å². The highest BCUT2D eigenvalue weighted by Crippen LogP contribution is 2.17. The van der Waals surface area contributed by atoms with E-state index in [2.05, 4.69) is 14.9 Å². The van der Waals surface area contributed by atoms with Crippen LogP contribution in [-0.4, -0.2) is 47.0 Å². The average molecular weight is 332 g/mol. The first-order valence-corrected chi connectivity index (χ1v) is 7.62. The Balaban J connectivity index is 1.59. The van der Waals surface area contributed by atoms with Crippen LogP contribution in [0, 0.1) is 5.82 Å². The average Bonchev–Trinajstić information content (AvgIpc) is 2.55. The van der Waals surface area contributed by atoms with Gasteiger partial charge in [-0.2, -0.15) is 0 Å². The van der Waals surface area contributed by atoms with Crippen molar-refractivity contribution in [2.45, 2.75) is 6.42 Å². The van der Waals surface area contributed by atoms with Gasteiger partial charge in [-0.15, -0.1) is 0 Å². The lowest BCUT2D eigenvalue weighted by Crippen LogP contribution is -2.49. The highest BCUT2D eigenvalue weighted by molar-refractivity contribution is 5.78. The van der Waals surface area contributed by atoms with Gasteiger partial charge in [-0.05, 0) is 24.3 Å². The van der Waals surface area contributed by atoms with Gasteiger partial charge in [0, 0.05) is 43.6 Å². The van der Waals surface area contributed by atoms with Crippen molar-refractivity contribution in [3.05, 3.63) is 62.7 Å². The quantitative estimate of drug-likeness (QED) is 0.834. The Morgan fingerprint density at radius 1 is 1.04 bits per heavy atom. The van der Waals surface area contributed by atoms with Crippen LogP contribution >= 0.6 is 0 Å². The number of rotatable bonds is 3. The molecule has 0 saturated carbocycles. The van der Waals surface area contributed by atoms with E-state index < -0.39 is 11.2 Å². The lowest BCUT2D eigenvalue weighted by Gasteiger charge is -2.36. The smallest absolute Gasteiger partial charge is 0.325 e. The molecule has 0 aliphatic carbocycles. The number of nitrogens with one attached hydrogen (secondary N) is 2. The number of halogens is 1. The normalized spacial score (nSPS) is 14.7. The van der Waals surface area contributed by atoms with Crippen LogP contribution < -0.4 is 16.1 Å². The molecule has 0 radical (unpaired) electrons. The Morgan fingerprint density at radius 3 is 2.33 bits per heavy atom.